The Bertz CT molecular complexity index is 1090. The summed E-state index contributed by atoms with van der Waals surface area (Å²) in [6.45, 7) is 5.44. The molecule has 6 nitrogen and oxygen atoms in total. The monoisotopic (exact) mass is 397 g/mol. The molecule has 3 aromatic rings. The highest BCUT2D eigenvalue weighted by atomic mass is 32.1. The quantitative estimate of drug-likeness (QED) is 0.719. The summed E-state index contributed by atoms with van der Waals surface area (Å²) in [6, 6.07) is 8.01. The van der Waals surface area contributed by atoms with Crippen LogP contribution in [-0.4, -0.2) is 28.6 Å². The summed E-state index contributed by atoms with van der Waals surface area (Å²) in [5, 5.41) is 3.64. The lowest BCUT2D eigenvalue weighted by molar-refractivity contribution is -0.121. The fraction of sp³-hybridized carbons (Fsp3) is 0.381. The van der Waals surface area contributed by atoms with Crippen LogP contribution in [0.5, 0.6) is 5.75 Å². The normalized spacial score (nSPS) is 15.9. The fourth-order valence-electron chi connectivity index (χ4n) is 3.52. The summed E-state index contributed by atoms with van der Waals surface area (Å²) in [7, 11) is 0. The van der Waals surface area contributed by atoms with E-state index < -0.39 is 0 Å². The number of carbonyl (C=O) groups is 1. The van der Waals surface area contributed by atoms with Crippen molar-refractivity contribution in [3.63, 3.8) is 0 Å². The second-order valence-corrected chi connectivity index (χ2v) is 8.45. The van der Waals surface area contributed by atoms with Crippen molar-refractivity contribution in [3.05, 3.63) is 57.0 Å². The van der Waals surface area contributed by atoms with E-state index in [1.807, 2.05) is 32.0 Å². The first kappa shape index (κ1) is 18.7. The SMILES string of the molecule is Cc1sc2ncn(CCC(=O)NCC3COc4ccccc4C3)c(=O)c2c1C. The van der Waals surface area contributed by atoms with E-state index in [0.29, 0.717) is 25.1 Å². The van der Waals surface area contributed by atoms with Crippen molar-refractivity contribution in [3.8, 4) is 5.75 Å². The highest BCUT2D eigenvalue weighted by molar-refractivity contribution is 7.18. The second kappa shape index (κ2) is 7.75. The number of thiophene rings is 1. The largest absolute Gasteiger partial charge is 0.493 e. The molecule has 28 heavy (non-hydrogen) atoms. The van der Waals surface area contributed by atoms with Crippen LogP contribution >= 0.6 is 11.3 Å². The summed E-state index contributed by atoms with van der Waals surface area (Å²) in [6.07, 6.45) is 2.69. The number of carbonyl (C=O) groups excluding carboxylic acids is 1. The Kier molecular flexibility index (Phi) is 5.17. The van der Waals surface area contributed by atoms with Crippen LogP contribution in [0.3, 0.4) is 0 Å². The van der Waals surface area contributed by atoms with Crippen LogP contribution in [0.25, 0.3) is 10.2 Å². The molecule has 7 heteroatoms. The minimum atomic E-state index is -0.0723. The third-order valence-electron chi connectivity index (χ3n) is 5.28. The van der Waals surface area contributed by atoms with E-state index in [1.165, 1.54) is 21.5 Å². The lowest BCUT2D eigenvalue weighted by atomic mass is 9.97. The summed E-state index contributed by atoms with van der Waals surface area (Å²) in [4.78, 5) is 31.2. The maximum Gasteiger partial charge on any atom is 0.262 e. The van der Waals surface area contributed by atoms with Gasteiger partial charge < -0.3 is 10.1 Å². The minimum Gasteiger partial charge on any atom is -0.493 e. The molecule has 1 N–H and O–H groups in total. The van der Waals surface area contributed by atoms with Gasteiger partial charge in [0.2, 0.25) is 5.91 Å². The van der Waals surface area contributed by atoms with Crippen LogP contribution in [-0.2, 0) is 17.8 Å². The highest BCUT2D eigenvalue weighted by Gasteiger charge is 2.20. The standard InChI is InChI=1S/C21H23N3O3S/c1-13-14(2)28-20-19(13)21(26)24(12-23-20)8-7-18(25)22-10-15-9-16-5-3-4-6-17(16)27-11-15/h3-6,12,15H,7-11H2,1-2H3,(H,22,25). The number of nitrogens with one attached hydrogen (secondary N) is 1. The molecular weight excluding hydrogens is 374 g/mol. The third kappa shape index (κ3) is 3.67. The molecule has 1 aromatic carbocycles. The van der Waals surface area contributed by atoms with E-state index >= 15 is 0 Å². The Balaban J connectivity index is 1.33. The molecule has 4 rings (SSSR count). The van der Waals surface area contributed by atoms with Crippen molar-refractivity contribution < 1.29 is 9.53 Å². The number of nitrogens with zero attached hydrogens (tertiary/aromatic N) is 2. The second-order valence-electron chi connectivity index (χ2n) is 7.25. The summed E-state index contributed by atoms with van der Waals surface area (Å²) in [5.41, 5.74) is 2.09. The summed E-state index contributed by atoms with van der Waals surface area (Å²) < 4.78 is 7.29. The number of rotatable bonds is 5. The van der Waals surface area contributed by atoms with E-state index in [2.05, 4.69) is 16.4 Å². The van der Waals surface area contributed by atoms with Crippen molar-refractivity contribution >= 4 is 27.5 Å². The Morgan fingerprint density at radius 1 is 1.36 bits per heavy atom. The van der Waals surface area contributed by atoms with E-state index in [-0.39, 0.29) is 23.8 Å². The van der Waals surface area contributed by atoms with Gasteiger partial charge in [-0.1, -0.05) is 18.2 Å². The number of fused-ring (bicyclic) bond motifs is 2. The van der Waals surface area contributed by atoms with Gasteiger partial charge >= 0.3 is 0 Å². The van der Waals surface area contributed by atoms with Crippen molar-refractivity contribution in [2.45, 2.75) is 33.2 Å². The molecule has 0 aliphatic carbocycles. The van der Waals surface area contributed by atoms with Gasteiger partial charge in [-0.3, -0.25) is 14.2 Å². The highest BCUT2D eigenvalue weighted by Crippen LogP contribution is 2.27. The van der Waals surface area contributed by atoms with E-state index in [1.54, 1.807) is 6.33 Å². The zero-order valence-corrected chi connectivity index (χ0v) is 16.8. The first-order chi connectivity index (χ1) is 13.5. The maximum absolute atomic E-state index is 12.7. The van der Waals surface area contributed by atoms with Crippen molar-refractivity contribution in [1.82, 2.24) is 14.9 Å². The lowest BCUT2D eigenvalue weighted by Crippen LogP contribution is -2.35. The molecule has 1 unspecified atom stereocenters. The van der Waals surface area contributed by atoms with Gasteiger partial charge in [0.15, 0.2) is 0 Å². The first-order valence-electron chi connectivity index (χ1n) is 9.45. The molecule has 0 saturated carbocycles. The van der Waals surface area contributed by atoms with Gasteiger partial charge in [-0.05, 0) is 37.5 Å². The Labute approximate surface area is 167 Å². The van der Waals surface area contributed by atoms with E-state index in [4.69, 9.17) is 4.74 Å². The molecule has 0 saturated heterocycles. The minimum absolute atomic E-state index is 0.0657. The number of hydrogen-bond donors (Lipinski definition) is 1. The number of hydrogen-bond acceptors (Lipinski definition) is 5. The molecule has 2 aromatic heterocycles. The average Bonchev–Trinajstić information content (AvgIpc) is 3.00. The average molecular weight is 398 g/mol. The molecule has 0 bridgehead atoms. The van der Waals surface area contributed by atoms with Gasteiger partial charge in [0.1, 0.15) is 10.6 Å². The molecular formula is C21H23N3O3S. The molecule has 146 valence electrons. The molecule has 1 atom stereocenters. The molecule has 1 aliphatic heterocycles. The van der Waals surface area contributed by atoms with Crippen LogP contribution in [0.4, 0.5) is 0 Å². The van der Waals surface area contributed by atoms with Crippen molar-refractivity contribution in [1.29, 1.82) is 0 Å². The van der Waals surface area contributed by atoms with Gasteiger partial charge in [-0.15, -0.1) is 11.3 Å². The Hall–Kier alpha value is -2.67. The van der Waals surface area contributed by atoms with E-state index in [0.717, 1.165) is 27.4 Å². The third-order valence-corrected chi connectivity index (χ3v) is 6.39. The smallest absolute Gasteiger partial charge is 0.262 e. The summed E-state index contributed by atoms with van der Waals surface area (Å²) in [5.74, 6) is 1.13. The molecule has 0 radical (unpaired) electrons. The maximum atomic E-state index is 12.7. The zero-order chi connectivity index (χ0) is 19.7. The van der Waals surface area contributed by atoms with Gasteiger partial charge in [0, 0.05) is 30.3 Å². The van der Waals surface area contributed by atoms with Crippen LogP contribution in [0, 0.1) is 19.8 Å². The van der Waals surface area contributed by atoms with Gasteiger partial charge in [-0.2, -0.15) is 0 Å². The molecule has 0 fully saturated rings. The number of aromatic nitrogens is 2. The number of amides is 1. The Morgan fingerprint density at radius 3 is 3.04 bits per heavy atom. The van der Waals surface area contributed by atoms with Crippen molar-refractivity contribution in [2.75, 3.05) is 13.2 Å². The number of aryl methyl sites for hydroxylation is 3. The van der Waals surface area contributed by atoms with Crippen molar-refractivity contribution in [2.24, 2.45) is 5.92 Å². The molecule has 1 aliphatic rings. The van der Waals surface area contributed by atoms with E-state index in [9.17, 15) is 9.59 Å². The summed E-state index contributed by atoms with van der Waals surface area (Å²) >= 11 is 1.53. The zero-order valence-electron chi connectivity index (χ0n) is 16.0. The predicted molar refractivity (Wildman–Crippen MR) is 110 cm³/mol. The predicted octanol–water partition coefficient (Wildman–Crippen LogP) is 2.83. The number of para-hydroxylation sites is 1. The first-order valence-corrected chi connectivity index (χ1v) is 10.3. The molecule has 0 spiro atoms. The van der Waals surface area contributed by atoms with Crippen LogP contribution in [0.1, 0.15) is 22.4 Å². The van der Waals surface area contributed by atoms with Crippen LogP contribution < -0.4 is 15.6 Å². The Morgan fingerprint density at radius 2 is 2.18 bits per heavy atom. The molecule has 3 heterocycles. The fourth-order valence-corrected chi connectivity index (χ4v) is 4.51. The molecule has 1 amide bonds. The van der Waals surface area contributed by atoms with Gasteiger partial charge in [0.25, 0.3) is 5.56 Å². The van der Waals surface area contributed by atoms with Gasteiger partial charge in [-0.25, -0.2) is 4.98 Å². The number of benzene rings is 1. The lowest BCUT2D eigenvalue weighted by Gasteiger charge is -2.25. The van der Waals surface area contributed by atoms with Crippen LogP contribution in [0.2, 0.25) is 0 Å². The van der Waals surface area contributed by atoms with Gasteiger partial charge in [0.05, 0.1) is 18.3 Å². The van der Waals surface area contributed by atoms with Crippen LogP contribution in [0.15, 0.2) is 35.4 Å². The topological polar surface area (TPSA) is 73.2 Å². The number of ether oxygens (including phenoxy) is 1.